The Bertz CT molecular complexity index is 1810. The van der Waals surface area contributed by atoms with Crippen molar-refractivity contribution in [3.8, 4) is 0 Å². The monoisotopic (exact) mass is 716 g/mol. The van der Waals surface area contributed by atoms with Crippen LogP contribution in [0.2, 0.25) is 20.1 Å². The van der Waals surface area contributed by atoms with Crippen molar-refractivity contribution in [3.05, 3.63) is 104 Å². The second kappa shape index (κ2) is 15.4. The third-order valence-electron chi connectivity index (χ3n) is 8.30. The Morgan fingerprint density at radius 2 is 1.49 bits per heavy atom. The lowest BCUT2D eigenvalue weighted by Gasteiger charge is -2.40. The maximum Gasteiger partial charge on any atom is 0.323 e. The minimum absolute atomic E-state index is 0.0372. The molecule has 0 aliphatic carbocycles. The number of aromatic amines is 1. The van der Waals surface area contributed by atoms with Gasteiger partial charge in [0.05, 0.1) is 13.0 Å². The molecule has 0 saturated carbocycles. The fourth-order valence-electron chi connectivity index (χ4n) is 5.81. The van der Waals surface area contributed by atoms with E-state index in [1.165, 1.54) is 14.7 Å². The largest absolute Gasteiger partial charge is 0.480 e. The van der Waals surface area contributed by atoms with E-state index in [0.717, 1.165) is 22.0 Å². The average molecular weight is 718 g/mol. The molecule has 3 amide bonds. The molecule has 2 N–H and O–H groups in total. The van der Waals surface area contributed by atoms with Crippen molar-refractivity contribution in [2.45, 2.75) is 31.7 Å². The first-order chi connectivity index (χ1) is 22.5. The van der Waals surface area contributed by atoms with Crippen molar-refractivity contribution in [3.63, 3.8) is 0 Å². The Balaban J connectivity index is 1.36. The van der Waals surface area contributed by atoms with Crippen LogP contribution in [-0.4, -0.2) is 87.2 Å². The fourth-order valence-corrected chi connectivity index (χ4v) is 6.81. The van der Waals surface area contributed by atoms with Gasteiger partial charge in [-0.05, 0) is 66.3 Å². The zero-order valence-electron chi connectivity index (χ0n) is 25.2. The number of nitrogens with zero attached hydrogens (tertiary/aromatic N) is 3. The fraction of sp³-hybridized carbons (Fsp3) is 0.294. The number of carboxylic acid groups (broad SMARTS) is 1. The molecule has 47 heavy (non-hydrogen) atoms. The summed E-state index contributed by atoms with van der Waals surface area (Å²) in [5, 5.41) is 12.4. The molecule has 0 spiro atoms. The van der Waals surface area contributed by atoms with Crippen LogP contribution in [0.4, 0.5) is 0 Å². The van der Waals surface area contributed by atoms with E-state index < -0.39 is 30.4 Å². The molecule has 2 heterocycles. The number of nitrogens with one attached hydrogen (secondary N) is 1. The first-order valence-corrected chi connectivity index (χ1v) is 16.5. The Morgan fingerprint density at radius 3 is 2.15 bits per heavy atom. The molecule has 5 rings (SSSR count). The maximum atomic E-state index is 14.0. The second-order valence-corrected chi connectivity index (χ2v) is 13.0. The van der Waals surface area contributed by atoms with Crippen molar-refractivity contribution in [1.29, 1.82) is 0 Å². The lowest BCUT2D eigenvalue weighted by atomic mass is 10.0. The first kappa shape index (κ1) is 34.6. The molecule has 0 bridgehead atoms. The number of benzene rings is 3. The van der Waals surface area contributed by atoms with Crippen LogP contribution in [0.3, 0.4) is 0 Å². The molecule has 13 heteroatoms. The van der Waals surface area contributed by atoms with E-state index in [-0.39, 0.29) is 44.9 Å². The van der Waals surface area contributed by atoms with Gasteiger partial charge in [-0.25, -0.2) is 0 Å². The summed E-state index contributed by atoms with van der Waals surface area (Å²) >= 11 is 24.7. The summed E-state index contributed by atoms with van der Waals surface area (Å²) in [5.41, 5.74) is 3.38. The van der Waals surface area contributed by atoms with Gasteiger partial charge in [0.2, 0.25) is 17.7 Å². The number of aliphatic carboxylic acids is 1. The second-order valence-electron chi connectivity index (χ2n) is 11.4. The van der Waals surface area contributed by atoms with Crippen LogP contribution in [0.5, 0.6) is 0 Å². The van der Waals surface area contributed by atoms with Crippen molar-refractivity contribution in [1.82, 2.24) is 19.7 Å². The lowest BCUT2D eigenvalue weighted by molar-refractivity contribution is -0.158. The number of aromatic nitrogens is 1. The minimum Gasteiger partial charge on any atom is -0.480 e. The molecule has 1 atom stereocenters. The summed E-state index contributed by atoms with van der Waals surface area (Å²) in [5.74, 6) is -2.47. The molecular formula is C34H32Cl4N4O5. The van der Waals surface area contributed by atoms with Crippen molar-refractivity contribution >= 4 is 81.0 Å². The molecule has 1 aromatic heterocycles. The molecule has 9 nitrogen and oxygen atoms in total. The number of fused-ring (bicyclic) bond motifs is 1. The van der Waals surface area contributed by atoms with E-state index in [2.05, 4.69) is 4.98 Å². The predicted octanol–water partition coefficient (Wildman–Crippen LogP) is 6.15. The summed E-state index contributed by atoms with van der Waals surface area (Å²) in [7, 11) is 0. The molecule has 1 saturated heterocycles. The maximum absolute atomic E-state index is 14.0. The van der Waals surface area contributed by atoms with Gasteiger partial charge in [0.15, 0.2) is 0 Å². The standard InChI is InChI=1S/C34H32Cl4N4O5/c35-24-7-5-21(27(37)15-24)9-12-40(20-33(45)46)31(43)17-30-34(47)41(13-10-22-6-8-25(36)16-28(22)38)19-32(44)42(30)14-11-23-18-39-29-4-2-1-3-26(23)29/h1-8,15-16,18,30,39H,9-14,17,19-20H2,(H,45,46). The van der Waals surface area contributed by atoms with Gasteiger partial charge in [-0.3, -0.25) is 19.2 Å². The number of carboxylic acids is 1. The van der Waals surface area contributed by atoms with Crippen LogP contribution in [0.25, 0.3) is 10.9 Å². The Labute approximate surface area is 291 Å². The van der Waals surface area contributed by atoms with Gasteiger partial charge in [-0.2, -0.15) is 0 Å². The van der Waals surface area contributed by atoms with Gasteiger partial charge < -0.3 is 24.8 Å². The Morgan fingerprint density at radius 1 is 0.851 bits per heavy atom. The number of hydrogen-bond acceptors (Lipinski definition) is 4. The highest BCUT2D eigenvalue weighted by Crippen LogP contribution is 2.25. The zero-order valence-corrected chi connectivity index (χ0v) is 28.2. The molecule has 1 unspecified atom stereocenters. The van der Waals surface area contributed by atoms with Crippen molar-refractivity contribution < 1.29 is 24.3 Å². The summed E-state index contributed by atoms with van der Waals surface area (Å²) in [6, 6.07) is 16.7. The molecule has 1 aliphatic heterocycles. The van der Waals surface area contributed by atoms with E-state index >= 15 is 0 Å². The summed E-state index contributed by atoms with van der Waals surface area (Å²) in [4.78, 5) is 60.4. The van der Waals surface area contributed by atoms with Gasteiger partial charge in [0.25, 0.3) is 0 Å². The van der Waals surface area contributed by atoms with Crippen LogP contribution < -0.4 is 0 Å². The third-order valence-corrected chi connectivity index (χ3v) is 9.47. The van der Waals surface area contributed by atoms with Gasteiger partial charge in [-0.15, -0.1) is 0 Å². The topological polar surface area (TPSA) is 114 Å². The van der Waals surface area contributed by atoms with Crippen LogP contribution in [-0.2, 0) is 38.4 Å². The van der Waals surface area contributed by atoms with E-state index in [1.54, 1.807) is 36.4 Å². The number of rotatable bonds is 13. The van der Waals surface area contributed by atoms with Crippen molar-refractivity contribution in [2.75, 3.05) is 32.7 Å². The molecule has 1 fully saturated rings. The quantitative estimate of drug-likeness (QED) is 0.172. The van der Waals surface area contributed by atoms with E-state index in [9.17, 15) is 24.3 Å². The SMILES string of the molecule is O=C(O)CN(CCc1ccc(Cl)cc1Cl)C(=O)CC1C(=O)N(CCc2ccc(Cl)cc2Cl)CC(=O)N1CCc1c[nH]c2ccccc12. The summed E-state index contributed by atoms with van der Waals surface area (Å²) < 4.78 is 0. The number of amides is 3. The highest BCUT2D eigenvalue weighted by Gasteiger charge is 2.41. The van der Waals surface area contributed by atoms with Crippen LogP contribution in [0.1, 0.15) is 23.1 Å². The van der Waals surface area contributed by atoms with Crippen LogP contribution >= 0.6 is 46.4 Å². The van der Waals surface area contributed by atoms with E-state index in [4.69, 9.17) is 46.4 Å². The van der Waals surface area contributed by atoms with Gasteiger partial charge >= 0.3 is 5.97 Å². The molecular weight excluding hydrogens is 686 g/mol. The molecule has 1 aliphatic rings. The Kier molecular flexibility index (Phi) is 11.3. The lowest BCUT2D eigenvalue weighted by Crippen LogP contribution is -2.61. The minimum atomic E-state index is -1.20. The molecule has 246 valence electrons. The first-order valence-electron chi connectivity index (χ1n) is 15.0. The molecule has 4 aromatic rings. The number of hydrogen-bond donors (Lipinski definition) is 2. The summed E-state index contributed by atoms with van der Waals surface area (Å²) in [6.45, 7) is -0.305. The number of piperazine rings is 1. The van der Waals surface area contributed by atoms with E-state index in [0.29, 0.717) is 38.5 Å². The van der Waals surface area contributed by atoms with E-state index in [1.807, 2.05) is 30.5 Å². The normalized spacial score (nSPS) is 15.0. The smallest absolute Gasteiger partial charge is 0.323 e. The van der Waals surface area contributed by atoms with Crippen LogP contribution in [0, 0.1) is 0 Å². The number of carbonyl (C=O) groups is 4. The highest BCUT2D eigenvalue weighted by atomic mass is 35.5. The average Bonchev–Trinajstić information content (AvgIpc) is 3.44. The van der Waals surface area contributed by atoms with Crippen LogP contribution in [0.15, 0.2) is 66.9 Å². The number of carbonyl (C=O) groups excluding carboxylic acids is 3. The zero-order chi connectivity index (χ0) is 33.7. The summed E-state index contributed by atoms with van der Waals surface area (Å²) in [6.07, 6.45) is 2.59. The third kappa shape index (κ3) is 8.59. The predicted molar refractivity (Wildman–Crippen MR) is 183 cm³/mol. The Hall–Kier alpha value is -3.76. The highest BCUT2D eigenvalue weighted by molar-refractivity contribution is 6.35. The molecule has 3 aromatic carbocycles. The van der Waals surface area contributed by atoms with Crippen molar-refractivity contribution in [2.24, 2.45) is 0 Å². The number of halogens is 4. The van der Waals surface area contributed by atoms with Gasteiger partial charge in [-0.1, -0.05) is 76.7 Å². The number of H-pyrrole nitrogens is 1. The number of para-hydroxylation sites is 1. The van der Waals surface area contributed by atoms with Gasteiger partial charge in [0, 0.05) is 56.8 Å². The molecule has 0 radical (unpaired) electrons. The van der Waals surface area contributed by atoms with Gasteiger partial charge in [0.1, 0.15) is 12.6 Å².